The van der Waals surface area contributed by atoms with E-state index in [1.165, 1.54) is 6.42 Å². The van der Waals surface area contributed by atoms with Gasteiger partial charge in [-0.1, -0.05) is 25.9 Å². The van der Waals surface area contributed by atoms with Gasteiger partial charge in [0.05, 0.1) is 6.04 Å². The molecule has 0 amide bonds. The molecule has 4 N–H and O–H groups in total. The maximum absolute atomic E-state index is 8.54. The van der Waals surface area contributed by atoms with Crippen LogP contribution in [0.3, 0.4) is 0 Å². The van der Waals surface area contributed by atoms with Gasteiger partial charge in [-0.2, -0.15) is 0 Å². The molecule has 0 aromatic carbocycles. The second-order valence-corrected chi connectivity index (χ2v) is 4.78. The molecule has 1 saturated carbocycles. The summed E-state index contributed by atoms with van der Waals surface area (Å²) in [5.74, 6) is 1.02. The molecule has 1 aliphatic rings. The summed E-state index contributed by atoms with van der Waals surface area (Å²) in [6.07, 6.45) is 2.12. The van der Waals surface area contributed by atoms with Crippen molar-refractivity contribution < 1.29 is 5.21 Å². The number of nitrogens with zero attached hydrogens (tertiary/aromatic N) is 1. The van der Waals surface area contributed by atoms with Crippen molar-refractivity contribution in [1.82, 2.24) is 5.32 Å². The molecule has 4 heteroatoms. The first-order valence-electron chi connectivity index (χ1n) is 5.22. The lowest BCUT2D eigenvalue weighted by Gasteiger charge is -2.15. The molecular formula is C10H21N3O. The van der Waals surface area contributed by atoms with E-state index >= 15 is 0 Å². The van der Waals surface area contributed by atoms with Crippen LogP contribution in [0.2, 0.25) is 0 Å². The molecule has 4 nitrogen and oxygen atoms in total. The van der Waals surface area contributed by atoms with Gasteiger partial charge in [0.25, 0.3) is 0 Å². The lowest BCUT2D eigenvalue weighted by molar-refractivity contribution is 0.314. The summed E-state index contributed by atoms with van der Waals surface area (Å²) in [4.78, 5) is 0. The van der Waals surface area contributed by atoms with Gasteiger partial charge in [0.15, 0.2) is 5.84 Å². The Balaban J connectivity index is 2.29. The monoisotopic (exact) mass is 199 g/mol. The third kappa shape index (κ3) is 2.61. The fourth-order valence-corrected chi connectivity index (χ4v) is 1.74. The highest BCUT2D eigenvalue weighted by Gasteiger charge is 2.45. The standard InChI is InChI=1S/C10H21N3O/c1-4-8(9(11)13-14)12-6-7-5-10(7,2)3/h7-8,12,14H,4-6H2,1-3H3,(H2,11,13). The predicted octanol–water partition coefficient (Wildman–Crippen LogP) is 1.15. The molecule has 0 aliphatic heterocycles. The SMILES string of the molecule is CCC(NCC1CC1(C)C)C(N)=NO. The van der Waals surface area contributed by atoms with Gasteiger partial charge in [-0.25, -0.2) is 0 Å². The molecule has 82 valence electrons. The van der Waals surface area contributed by atoms with E-state index in [1.807, 2.05) is 6.92 Å². The quantitative estimate of drug-likeness (QED) is 0.269. The van der Waals surface area contributed by atoms with E-state index in [0.29, 0.717) is 5.41 Å². The molecule has 1 rings (SSSR count). The molecule has 0 aromatic rings. The van der Waals surface area contributed by atoms with Crippen molar-refractivity contribution in [3.05, 3.63) is 0 Å². The van der Waals surface area contributed by atoms with E-state index in [2.05, 4.69) is 24.3 Å². The van der Waals surface area contributed by atoms with Gasteiger partial charge < -0.3 is 16.3 Å². The van der Waals surface area contributed by atoms with E-state index < -0.39 is 0 Å². The van der Waals surface area contributed by atoms with Gasteiger partial charge in [-0.15, -0.1) is 0 Å². The van der Waals surface area contributed by atoms with E-state index in [-0.39, 0.29) is 11.9 Å². The van der Waals surface area contributed by atoms with Crippen LogP contribution < -0.4 is 11.1 Å². The second kappa shape index (κ2) is 4.17. The average Bonchev–Trinajstić information content (AvgIpc) is 2.74. The Bertz CT molecular complexity index is 225. The number of nitrogens with one attached hydrogen (secondary N) is 1. The second-order valence-electron chi connectivity index (χ2n) is 4.78. The minimum Gasteiger partial charge on any atom is -0.409 e. The fraction of sp³-hybridized carbons (Fsp3) is 0.900. The van der Waals surface area contributed by atoms with Crippen LogP contribution in [-0.4, -0.2) is 23.6 Å². The fourth-order valence-electron chi connectivity index (χ4n) is 1.74. The normalized spacial score (nSPS) is 27.4. The van der Waals surface area contributed by atoms with Gasteiger partial charge >= 0.3 is 0 Å². The number of oxime groups is 1. The van der Waals surface area contributed by atoms with Gasteiger partial charge in [-0.3, -0.25) is 0 Å². The average molecular weight is 199 g/mol. The Kier molecular flexibility index (Phi) is 3.37. The molecule has 0 bridgehead atoms. The Morgan fingerprint density at radius 1 is 1.71 bits per heavy atom. The summed E-state index contributed by atoms with van der Waals surface area (Å²) < 4.78 is 0. The number of hydrogen-bond donors (Lipinski definition) is 3. The smallest absolute Gasteiger partial charge is 0.156 e. The summed E-state index contributed by atoms with van der Waals surface area (Å²) >= 11 is 0. The number of amidine groups is 1. The summed E-state index contributed by atoms with van der Waals surface area (Å²) in [5, 5.41) is 14.9. The van der Waals surface area contributed by atoms with Crippen LogP contribution in [0.4, 0.5) is 0 Å². The Hall–Kier alpha value is -0.770. The minimum atomic E-state index is 0.0106. The number of hydrogen-bond acceptors (Lipinski definition) is 3. The molecular weight excluding hydrogens is 178 g/mol. The summed E-state index contributed by atoms with van der Waals surface area (Å²) in [6.45, 7) is 7.52. The molecule has 0 aromatic heterocycles. The van der Waals surface area contributed by atoms with Crippen molar-refractivity contribution in [2.45, 2.75) is 39.7 Å². The topological polar surface area (TPSA) is 70.6 Å². The van der Waals surface area contributed by atoms with Crippen LogP contribution in [0, 0.1) is 11.3 Å². The van der Waals surface area contributed by atoms with Crippen LogP contribution in [-0.2, 0) is 0 Å². The van der Waals surface area contributed by atoms with Crippen molar-refractivity contribution in [2.24, 2.45) is 22.2 Å². The third-order valence-corrected chi connectivity index (χ3v) is 3.21. The van der Waals surface area contributed by atoms with Crippen molar-refractivity contribution >= 4 is 5.84 Å². The highest BCUT2D eigenvalue weighted by molar-refractivity contribution is 5.85. The largest absolute Gasteiger partial charge is 0.409 e. The van der Waals surface area contributed by atoms with E-state index in [1.54, 1.807) is 0 Å². The molecule has 2 unspecified atom stereocenters. The molecule has 1 aliphatic carbocycles. The van der Waals surface area contributed by atoms with Crippen molar-refractivity contribution in [3.8, 4) is 0 Å². The Labute approximate surface area is 85.6 Å². The first-order valence-corrected chi connectivity index (χ1v) is 5.22. The number of nitrogens with two attached hydrogens (primary N) is 1. The van der Waals surface area contributed by atoms with Crippen LogP contribution in [0.1, 0.15) is 33.6 Å². The highest BCUT2D eigenvalue weighted by atomic mass is 16.4. The maximum Gasteiger partial charge on any atom is 0.156 e. The summed E-state index contributed by atoms with van der Waals surface area (Å²) in [7, 11) is 0. The van der Waals surface area contributed by atoms with E-state index in [0.717, 1.165) is 18.9 Å². The Morgan fingerprint density at radius 2 is 2.29 bits per heavy atom. The molecule has 0 heterocycles. The van der Waals surface area contributed by atoms with Gasteiger partial charge in [0.1, 0.15) is 0 Å². The zero-order chi connectivity index (χ0) is 10.8. The molecule has 2 atom stereocenters. The Morgan fingerprint density at radius 3 is 2.64 bits per heavy atom. The molecule has 0 radical (unpaired) electrons. The van der Waals surface area contributed by atoms with Crippen LogP contribution in [0.15, 0.2) is 5.16 Å². The van der Waals surface area contributed by atoms with Crippen LogP contribution in [0.25, 0.3) is 0 Å². The van der Waals surface area contributed by atoms with Crippen molar-refractivity contribution in [2.75, 3.05) is 6.54 Å². The lowest BCUT2D eigenvalue weighted by Crippen LogP contribution is -2.42. The van der Waals surface area contributed by atoms with E-state index in [4.69, 9.17) is 10.9 Å². The first kappa shape index (κ1) is 11.3. The van der Waals surface area contributed by atoms with Crippen molar-refractivity contribution in [3.63, 3.8) is 0 Å². The minimum absolute atomic E-state index is 0.0106. The van der Waals surface area contributed by atoms with Gasteiger partial charge in [0, 0.05) is 0 Å². The molecule has 0 saturated heterocycles. The predicted molar refractivity (Wildman–Crippen MR) is 57.4 cm³/mol. The summed E-state index contributed by atoms with van der Waals surface area (Å²) in [5.41, 5.74) is 6.02. The first-order chi connectivity index (χ1) is 6.51. The number of rotatable bonds is 5. The van der Waals surface area contributed by atoms with Gasteiger partial charge in [0.2, 0.25) is 0 Å². The van der Waals surface area contributed by atoms with Gasteiger partial charge in [-0.05, 0) is 30.7 Å². The maximum atomic E-state index is 8.54. The zero-order valence-corrected chi connectivity index (χ0v) is 9.25. The van der Waals surface area contributed by atoms with Crippen LogP contribution in [0.5, 0.6) is 0 Å². The molecule has 14 heavy (non-hydrogen) atoms. The third-order valence-electron chi connectivity index (χ3n) is 3.21. The molecule has 0 spiro atoms. The zero-order valence-electron chi connectivity index (χ0n) is 9.25. The summed E-state index contributed by atoms with van der Waals surface area (Å²) in [6, 6.07) is 0.0106. The lowest BCUT2D eigenvalue weighted by atomic mass is 10.1. The van der Waals surface area contributed by atoms with Crippen molar-refractivity contribution in [1.29, 1.82) is 0 Å². The molecule has 1 fully saturated rings. The van der Waals surface area contributed by atoms with E-state index in [9.17, 15) is 0 Å². The highest BCUT2D eigenvalue weighted by Crippen LogP contribution is 2.51. The van der Waals surface area contributed by atoms with Crippen LogP contribution >= 0.6 is 0 Å².